The van der Waals surface area contributed by atoms with Crippen molar-refractivity contribution in [3.63, 3.8) is 0 Å². The molecule has 0 amide bonds. The fraction of sp³-hybridized carbons (Fsp3) is 0.176. The summed E-state index contributed by atoms with van der Waals surface area (Å²) in [6.07, 6.45) is 1.42. The maximum absolute atomic E-state index is 10.5. The first kappa shape index (κ1) is 15.6. The second-order valence-electron chi connectivity index (χ2n) is 4.63. The van der Waals surface area contributed by atoms with Crippen molar-refractivity contribution in [1.29, 1.82) is 0 Å². The zero-order valence-electron chi connectivity index (χ0n) is 12.2. The van der Waals surface area contributed by atoms with Crippen LogP contribution in [0.1, 0.15) is 18.1 Å². The molecular weight excluding hydrogens is 282 g/mol. The molecule has 0 saturated heterocycles. The topological polar surface area (TPSA) is 82.0 Å². The largest absolute Gasteiger partial charge is 0.550 e. The molecule has 0 aliphatic rings. The van der Waals surface area contributed by atoms with Gasteiger partial charge in [0.2, 0.25) is 0 Å². The Morgan fingerprint density at radius 2 is 2.00 bits per heavy atom. The average Bonchev–Trinajstić information content (AvgIpc) is 2.48. The number of aliphatic imine (C=N–C) groups is 1. The summed E-state index contributed by atoms with van der Waals surface area (Å²) in [6, 6.07) is 11.8. The highest BCUT2D eigenvalue weighted by Crippen LogP contribution is 2.23. The van der Waals surface area contributed by atoms with Crippen LogP contribution in [0.2, 0.25) is 0 Å². The van der Waals surface area contributed by atoms with Crippen LogP contribution in [0.15, 0.2) is 47.5 Å². The minimum Gasteiger partial charge on any atom is -0.550 e. The third kappa shape index (κ3) is 4.34. The molecule has 114 valence electrons. The smallest absolute Gasteiger partial charge is 0.128 e. The molecule has 2 aromatic carbocycles. The highest BCUT2D eigenvalue weighted by molar-refractivity contribution is 5.85. The van der Waals surface area contributed by atoms with E-state index in [0.29, 0.717) is 29.2 Å². The average molecular weight is 298 g/mol. The van der Waals surface area contributed by atoms with E-state index in [9.17, 15) is 15.0 Å². The molecule has 2 rings (SSSR count). The van der Waals surface area contributed by atoms with E-state index in [2.05, 4.69) is 4.99 Å². The first-order valence-electron chi connectivity index (χ1n) is 6.87. The monoisotopic (exact) mass is 298 g/mol. The lowest BCUT2D eigenvalue weighted by molar-refractivity contribution is -0.304. The van der Waals surface area contributed by atoms with E-state index >= 15 is 0 Å². The Morgan fingerprint density at radius 3 is 2.59 bits per heavy atom. The number of nitrogens with zero attached hydrogens (tertiary/aromatic N) is 1. The summed E-state index contributed by atoms with van der Waals surface area (Å²) >= 11 is 0. The fourth-order valence-electron chi connectivity index (χ4n) is 1.90. The quantitative estimate of drug-likeness (QED) is 0.825. The summed E-state index contributed by atoms with van der Waals surface area (Å²) in [5, 5.41) is 20.4. The van der Waals surface area contributed by atoms with E-state index in [1.165, 1.54) is 6.07 Å². The van der Waals surface area contributed by atoms with Gasteiger partial charge in [0, 0.05) is 30.2 Å². The Labute approximate surface area is 128 Å². The standard InChI is InChI=1S/C17H17NO4/c1-2-22-15-8-5-13(16(19)10-15)11-18-14-6-3-12(4-7-14)9-17(20)21/h3-8,10-11,19H,2,9H2,1H3,(H,20,21)/p-1. The van der Waals surface area contributed by atoms with Gasteiger partial charge in [0.15, 0.2) is 0 Å². The Kier molecular flexibility index (Phi) is 5.14. The SMILES string of the molecule is CCOc1ccc(C=Nc2ccc(CC(=O)[O-])cc2)c(O)c1. The lowest BCUT2D eigenvalue weighted by Crippen LogP contribution is -2.24. The molecule has 1 N–H and O–H groups in total. The van der Waals surface area contributed by atoms with Gasteiger partial charge in [-0.25, -0.2) is 0 Å². The van der Waals surface area contributed by atoms with Crippen LogP contribution in [0.25, 0.3) is 0 Å². The third-order valence-corrected chi connectivity index (χ3v) is 2.95. The lowest BCUT2D eigenvalue weighted by Gasteiger charge is -2.05. The maximum atomic E-state index is 10.5. The summed E-state index contributed by atoms with van der Waals surface area (Å²) in [7, 11) is 0. The van der Waals surface area contributed by atoms with Gasteiger partial charge in [-0.05, 0) is 36.8 Å². The second kappa shape index (κ2) is 7.26. The number of benzene rings is 2. The number of carboxylic acids is 1. The van der Waals surface area contributed by atoms with E-state index in [1.807, 2.05) is 6.92 Å². The van der Waals surface area contributed by atoms with E-state index in [-0.39, 0.29) is 12.2 Å². The van der Waals surface area contributed by atoms with Crippen molar-refractivity contribution in [2.45, 2.75) is 13.3 Å². The van der Waals surface area contributed by atoms with Crippen LogP contribution in [0.3, 0.4) is 0 Å². The number of phenols is 1. The zero-order chi connectivity index (χ0) is 15.9. The number of rotatable bonds is 6. The highest BCUT2D eigenvalue weighted by atomic mass is 16.5. The Bertz CT molecular complexity index is 678. The molecule has 0 heterocycles. The number of aromatic hydroxyl groups is 1. The number of hydrogen-bond acceptors (Lipinski definition) is 5. The molecule has 5 heteroatoms. The van der Waals surface area contributed by atoms with Crippen LogP contribution in [0.4, 0.5) is 5.69 Å². The second-order valence-corrected chi connectivity index (χ2v) is 4.63. The molecule has 0 spiro atoms. The van der Waals surface area contributed by atoms with Crippen LogP contribution in [0.5, 0.6) is 11.5 Å². The van der Waals surface area contributed by atoms with Crippen molar-refractivity contribution in [1.82, 2.24) is 0 Å². The van der Waals surface area contributed by atoms with Crippen molar-refractivity contribution in [3.05, 3.63) is 53.6 Å². The van der Waals surface area contributed by atoms with Crippen LogP contribution in [-0.2, 0) is 11.2 Å². The molecule has 0 radical (unpaired) electrons. The van der Waals surface area contributed by atoms with Crippen LogP contribution in [-0.4, -0.2) is 23.9 Å². The molecule has 0 saturated carbocycles. The number of carbonyl (C=O) groups is 1. The summed E-state index contributed by atoms with van der Waals surface area (Å²) in [5.74, 6) is -0.428. The van der Waals surface area contributed by atoms with Gasteiger partial charge in [-0.1, -0.05) is 12.1 Å². The normalized spacial score (nSPS) is 10.8. The summed E-state index contributed by atoms with van der Waals surface area (Å²) in [5.41, 5.74) is 1.89. The molecule has 5 nitrogen and oxygen atoms in total. The van der Waals surface area contributed by atoms with Crippen molar-refractivity contribution >= 4 is 17.9 Å². The summed E-state index contributed by atoms with van der Waals surface area (Å²) in [4.78, 5) is 14.7. The number of phenolic OH excluding ortho intramolecular Hbond substituents is 1. The van der Waals surface area contributed by atoms with E-state index in [4.69, 9.17) is 4.74 Å². The van der Waals surface area contributed by atoms with Crippen LogP contribution < -0.4 is 9.84 Å². The molecule has 2 aromatic rings. The Hall–Kier alpha value is -2.82. The lowest BCUT2D eigenvalue weighted by atomic mass is 10.1. The summed E-state index contributed by atoms with van der Waals surface area (Å²) < 4.78 is 5.29. The number of hydrogen-bond donors (Lipinski definition) is 1. The first-order chi connectivity index (χ1) is 10.6. The van der Waals surface area contributed by atoms with E-state index in [1.54, 1.807) is 42.6 Å². The summed E-state index contributed by atoms with van der Waals surface area (Å²) in [6.45, 7) is 2.40. The third-order valence-electron chi connectivity index (χ3n) is 2.95. The molecule has 0 atom stereocenters. The van der Waals surface area contributed by atoms with Gasteiger partial charge in [-0.15, -0.1) is 0 Å². The highest BCUT2D eigenvalue weighted by Gasteiger charge is 2.01. The minimum absolute atomic E-state index is 0.0864. The van der Waals surface area contributed by atoms with Crippen LogP contribution >= 0.6 is 0 Å². The fourth-order valence-corrected chi connectivity index (χ4v) is 1.90. The van der Waals surface area contributed by atoms with Crippen molar-refractivity contribution in [3.8, 4) is 11.5 Å². The van der Waals surface area contributed by atoms with Gasteiger partial charge >= 0.3 is 0 Å². The molecule has 0 aromatic heterocycles. The molecular formula is C17H16NO4-. The Morgan fingerprint density at radius 1 is 1.27 bits per heavy atom. The molecule has 0 bridgehead atoms. The van der Waals surface area contributed by atoms with Gasteiger partial charge in [-0.3, -0.25) is 4.99 Å². The Balaban J connectivity index is 2.09. The van der Waals surface area contributed by atoms with Crippen LogP contribution in [0, 0.1) is 0 Å². The van der Waals surface area contributed by atoms with Gasteiger partial charge < -0.3 is 19.7 Å². The molecule has 0 fully saturated rings. The van der Waals surface area contributed by atoms with Gasteiger partial charge in [0.05, 0.1) is 12.3 Å². The molecule has 0 aliphatic carbocycles. The van der Waals surface area contributed by atoms with Crippen molar-refractivity contribution in [2.24, 2.45) is 4.99 Å². The number of carboxylic acid groups (broad SMARTS) is 1. The predicted molar refractivity (Wildman–Crippen MR) is 81.7 cm³/mol. The van der Waals surface area contributed by atoms with E-state index < -0.39 is 5.97 Å². The minimum atomic E-state index is -1.12. The molecule has 0 unspecified atom stereocenters. The van der Waals surface area contributed by atoms with Crippen molar-refractivity contribution < 1.29 is 19.7 Å². The van der Waals surface area contributed by atoms with Gasteiger partial charge in [0.25, 0.3) is 0 Å². The molecule has 22 heavy (non-hydrogen) atoms. The van der Waals surface area contributed by atoms with Crippen molar-refractivity contribution in [2.75, 3.05) is 6.61 Å². The van der Waals surface area contributed by atoms with E-state index in [0.717, 1.165) is 0 Å². The maximum Gasteiger partial charge on any atom is 0.128 e. The van der Waals surface area contributed by atoms with Gasteiger partial charge in [0.1, 0.15) is 11.5 Å². The molecule has 0 aliphatic heterocycles. The number of ether oxygens (including phenoxy) is 1. The number of aliphatic carboxylic acids is 1. The van der Waals surface area contributed by atoms with Gasteiger partial charge in [-0.2, -0.15) is 0 Å². The predicted octanol–water partition coefficient (Wildman–Crippen LogP) is 1.83. The zero-order valence-corrected chi connectivity index (χ0v) is 12.2. The number of carbonyl (C=O) groups excluding carboxylic acids is 1. The first-order valence-corrected chi connectivity index (χ1v) is 6.87.